The lowest BCUT2D eigenvalue weighted by atomic mass is 9.79. The van der Waals surface area contributed by atoms with E-state index in [0.29, 0.717) is 24.3 Å². The highest BCUT2D eigenvalue weighted by atomic mass is 16.2. The van der Waals surface area contributed by atoms with E-state index in [9.17, 15) is 9.59 Å². The molecule has 19 heavy (non-hydrogen) atoms. The van der Waals surface area contributed by atoms with Crippen molar-refractivity contribution in [3.05, 3.63) is 42.0 Å². The first kappa shape index (κ1) is 12.0. The van der Waals surface area contributed by atoms with Gasteiger partial charge in [0.05, 0.1) is 5.41 Å². The molecule has 0 aliphatic heterocycles. The van der Waals surface area contributed by atoms with Crippen LogP contribution in [0.5, 0.6) is 0 Å². The Morgan fingerprint density at radius 1 is 1.26 bits per heavy atom. The third-order valence-corrected chi connectivity index (χ3v) is 4.20. The van der Waals surface area contributed by atoms with Gasteiger partial charge in [0.1, 0.15) is 0 Å². The van der Waals surface area contributed by atoms with Crippen LogP contribution in [-0.4, -0.2) is 11.8 Å². The van der Waals surface area contributed by atoms with Gasteiger partial charge >= 0.3 is 0 Å². The first-order valence-electron chi connectivity index (χ1n) is 6.50. The van der Waals surface area contributed by atoms with Crippen LogP contribution in [-0.2, 0) is 9.59 Å². The molecule has 1 aromatic carbocycles. The second-order valence-corrected chi connectivity index (χ2v) is 5.35. The van der Waals surface area contributed by atoms with Crippen LogP contribution < -0.4 is 11.1 Å². The van der Waals surface area contributed by atoms with E-state index in [1.165, 1.54) is 0 Å². The molecule has 4 nitrogen and oxygen atoms in total. The van der Waals surface area contributed by atoms with Crippen LogP contribution in [0.2, 0.25) is 0 Å². The summed E-state index contributed by atoms with van der Waals surface area (Å²) in [6.45, 7) is 0. The molecular weight excluding hydrogens is 240 g/mol. The summed E-state index contributed by atoms with van der Waals surface area (Å²) in [4.78, 5) is 24.1. The quantitative estimate of drug-likeness (QED) is 0.866. The summed E-state index contributed by atoms with van der Waals surface area (Å²) in [7, 11) is 0. The molecule has 3 rings (SSSR count). The van der Waals surface area contributed by atoms with Gasteiger partial charge in [-0.3, -0.25) is 9.59 Å². The Morgan fingerprint density at radius 3 is 2.63 bits per heavy atom. The first-order chi connectivity index (χ1) is 9.12. The second kappa shape index (κ2) is 4.23. The van der Waals surface area contributed by atoms with Crippen LogP contribution in [0.15, 0.2) is 42.0 Å². The van der Waals surface area contributed by atoms with Gasteiger partial charge in [0, 0.05) is 11.3 Å². The topological polar surface area (TPSA) is 72.2 Å². The Balaban J connectivity index is 1.87. The van der Waals surface area contributed by atoms with Crippen LogP contribution in [0, 0.1) is 11.3 Å². The average Bonchev–Trinajstić information content (AvgIpc) is 2.99. The largest absolute Gasteiger partial charge is 0.366 e. The molecule has 2 aliphatic rings. The fourth-order valence-corrected chi connectivity index (χ4v) is 3.28. The van der Waals surface area contributed by atoms with Gasteiger partial charge in [-0.05, 0) is 37.3 Å². The van der Waals surface area contributed by atoms with Gasteiger partial charge in [0.2, 0.25) is 11.8 Å². The molecule has 0 radical (unpaired) electrons. The maximum atomic E-state index is 12.5. The SMILES string of the molecule is NC(=O)C1=CC2CCC1(C(=O)Nc1ccccc1)C2. The molecule has 2 unspecified atom stereocenters. The number of amides is 2. The van der Waals surface area contributed by atoms with E-state index in [4.69, 9.17) is 5.73 Å². The Kier molecular flexibility index (Phi) is 2.66. The van der Waals surface area contributed by atoms with E-state index >= 15 is 0 Å². The predicted octanol–water partition coefficient (Wildman–Crippen LogP) is 1.84. The Bertz CT molecular complexity index is 565. The van der Waals surface area contributed by atoms with Crippen molar-refractivity contribution >= 4 is 17.5 Å². The van der Waals surface area contributed by atoms with Crippen molar-refractivity contribution in [1.29, 1.82) is 0 Å². The third-order valence-electron chi connectivity index (χ3n) is 4.20. The lowest BCUT2D eigenvalue weighted by molar-refractivity contribution is -0.126. The van der Waals surface area contributed by atoms with Gasteiger partial charge in [-0.25, -0.2) is 0 Å². The number of benzene rings is 1. The van der Waals surface area contributed by atoms with E-state index in [0.717, 1.165) is 12.1 Å². The summed E-state index contributed by atoms with van der Waals surface area (Å²) in [6, 6.07) is 9.30. The van der Waals surface area contributed by atoms with E-state index in [-0.39, 0.29) is 5.91 Å². The van der Waals surface area contributed by atoms with E-state index in [1.54, 1.807) is 0 Å². The molecule has 0 saturated heterocycles. The third kappa shape index (κ3) is 1.84. The lowest BCUT2D eigenvalue weighted by Crippen LogP contribution is -2.39. The summed E-state index contributed by atoms with van der Waals surface area (Å²) in [5, 5.41) is 2.90. The van der Waals surface area contributed by atoms with Gasteiger partial charge < -0.3 is 11.1 Å². The number of nitrogens with one attached hydrogen (secondary N) is 1. The number of fused-ring (bicyclic) bond motifs is 2. The highest BCUT2D eigenvalue weighted by molar-refractivity contribution is 6.07. The summed E-state index contributed by atoms with van der Waals surface area (Å²) < 4.78 is 0. The van der Waals surface area contributed by atoms with Crippen LogP contribution in [0.4, 0.5) is 5.69 Å². The van der Waals surface area contributed by atoms with Gasteiger partial charge in [-0.15, -0.1) is 0 Å². The predicted molar refractivity (Wildman–Crippen MR) is 72.1 cm³/mol. The van der Waals surface area contributed by atoms with Gasteiger partial charge in [-0.2, -0.15) is 0 Å². The number of hydrogen-bond acceptors (Lipinski definition) is 2. The van der Waals surface area contributed by atoms with Crippen molar-refractivity contribution in [2.45, 2.75) is 19.3 Å². The summed E-state index contributed by atoms with van der Waals surface area (Å²) in [5.74, 6) is -0.252. The van der Waals surface area contributed by atoms with Crippen molar-refractivity contribution in [1.82, 2.24) is 0 Å². The zero-order valence-electron chi connectivity index (χ0n) is 10.6. The number of allylic oxidation sites excluding steroid dienone is 1. The lowest BCUT2D eigenvalue weighted by Gasteiger charge is -2.27. The molecule has 0 spiro atoms. The zero-order chi connectivity index (χ0) is 13.5. The minimum Gasteiger partial charge on any atom is -0.366 e. The fourth-order valence-electron chi connectivity index (χ4n) is 3.28. The number of para-hydroxylation sites is 1. The molecule has 0 heterocycles. The van der Waals surface area contributed by atoms with Crippen molar-refractivity contribution in [3.63, 3.8) is 0 Å². The average molecular weight is 256 g/mol. The number of hydrogen-bond donors (Lipinski definition) is 2. The van der Waals surface area contributed by atoms with Crippen LogP contribution in [0.3, 0.4) is 0 Å². The number of anilines is 1. The Labute approximate surface area is 111 Å². The standard InChI is InChI=1S/C15H16N2O2/c16-13(18)12-8-10-6-7-15(12,9-10)14(19)17-11-4-2-1-3-5-11/h1-5,8,10H,6-7,9H2,(H2,16,18)(H,17,19). The molecule has 2 amide bonds. The van der Waals surface area contributed by atoms with Gasteiger partial charge in [0.15, 0.2) is 0 Å². The monoisotopic (exact) mass is 256 g/mol. The fraction of sp³-hybridized carbons (Fsp3) is 0.333. The molecule has 1 fully saturated rings. The molecule has 0 aromatic heterocycles. The number of nitrogens with two attached hydrogens (primary N) is 1. The summed E-state index contributed by atoms with van der Waals surface area (Å²) in [6.07, 6.45) is 4.27. The molecular formula is C15H16N2O2. The first-order valence-corrected chi connectivity index (χ1v) is 6.50. The molecule has 2 bridgehead atoms. The molecule has 2 atom stereocenters. The Hall–Kier alpha value is -2.10. The van der Waals surface area contributed by atoms with Crippen molar-refractivity contribution < 1.29 is 9.59 Å². The van der Waals surface area contributed by atoms with Crippen LogP contribution in [0.1, 0.15) is 19.3 Å². The van der Waals surface area contributed by atoms with E-state index in [2.05, 4.69) is 5.32 Å². The molecule has 98 valence electrons. The van der Waals surface area contributed by atoms with Crippen LogP contribution >= 0.6 is 0 Å². The molecule has 1 aromatic rings. The summed E-state index contributed by atoms with van der Waals surface area (Å²) in [5.41, 5.74) is 5.96. The van der Waals surface area contributed by atoms with Crippen molar-refractivity contribution in [2.75, 3.05) is 5.32 Å². The smallest absolute Gasteiger partial charge is 0.245 e. The Morgan fingerprint density at radius 2 is 2.00 bits per heavy atom. The van der Waals surface area contributed by atoms with Crippen LogP contribution in [0.25, 0.3) is 0 Å². The summed E-state index contributed by atoms with van der Waals surface area (Å²) >= 11 is 0. The van der Waals surface area contributed by atoms with Crippen molar-refractivity contribution in [2.24, 2.45) is 17.1 Å². The second-order valence-electron chi connectivity index (χ2n) is 5.35. The maximum absolute atomic E-state index is 12.5. The molecule has 1 saturated carbocycles. The van der Waals surface area contributed by atoms with Crippen molar-refractivity contribution in [3.8, 4) is 0 Å². The molecule has 4 heteroatoms. The van der Waals surface area contributed by atoms with E-state index in [1.807, 2.05) is 36.4 Å². The molecule has 3 N–H and O–H groups in total. The van der Waals surface area contributed by atoms with Gasteiger partial charge in [0.25, 0.3) is 0 Å². The van der Waals surface area contributed by atoms with E-state index < -0.39 is 11.3 Å². The minimum atomic E-state index is -0.702. The highest BCUT2D eigenvalue weighted by Crippen LogP contribution is 2.54. The zero-order valence-corrected chi connectivity index (χ0v) is 10.6. The minimum absolute atomic E-state index is 0.108. The molecule has 2 aliphatic carbocycles. The highest BCUT2D eigenvalue weighted by Gasteiger charge is 2.53. The number of carbonyl (C=O) groups is 2. The van der Waals surface area contributed by atoms with Gasteiger partial charge in [-0.1, -0.05) is 24.3 Å². The number of carbonyl (C=O) groups excluding carboxylic acids is 2. The maximum Gasteiger partial charge on any atom is 0.245 e. The normalized spacial score (nSPS) is 28.0. The number of primary amides is 1. The number of rotatable bonds is 3.